The molecule has 1 fully saturated rings. The van der Waals surface area contributed by atoms with E-state index in [9.17, 15) is 0 Å². The van der Waals surface area contributed by atoms with E-state index in [0.29, 0.717) is 5.92 Å². The quantitative estimate of drug-likeness (QED) is 0.659. The molecule has 1 aromatic heterocycles. The first-order valence-electron chi connectivity index (χ1n) is 7.75. The number of hydrogen-bond donors (Lipinski definition) is 2. The zero-order valence-corrected chi connectivity index (χ0v) is 12.7. The molecular formula is C17H23N3O. The number of nitrogens with two attached hydrogens (primary N) is 1. The maximum absolute atomic E-state index is 5.76. The van der Waals surface area contributed by atoms with Gasteiger partial charge in [-0.25, -0.2) is 0 Å². The van der Waals surface area contributed by atoms with Crippen LogP contribution in [0.2, 0.25) is 0 Å². The molecule has 112 valence electrons. The summed E-state index contributed by atoms with van der Waals surface area (Å²) < 4.78 is 5.76. The highest BCUT2D eigenvalue weighted by Gasteiger charge is 2.20. The third kappa shape index (κ3) is 2.95. The molecule has 0 saturated heterocycles. The topological polar surface area (TPSA) is 60.2 Å². The van der Waals surface area contributed by atoms with Gasteiger partial charge in [-0.3, -0.25) is 10.8 Å². The molecule has 0 radical (unpaired) electrons. The van der Waals surface area contributed by atoms with Crippen LogP contribution in [0, 0.1) is 0 Å². The molecule has 3 rings (SSSR count). The van der Waals surface area contributed by atoms with Crippen LogP contribution in [0.25, 0.3) is 10.9 Å². The summed E-state index contributed by atoms with van der Waals surface area (Å²) in [5.74, 6) is 7.14. The maximum Gasteiger partial charge on any atom is 0.120 e. The van der Waals surface area contributed by atoms with Gasteiger partial charge in [0, 0.05) is 17.0 Å². The van der Waals surface area contributed by atoms with Gasteiger partial charge in [0.1, 0.15) is 5.75 Å². The van der Waals surface area contributed by atoms with Crippen molar-refractivity contribution in [1.29, 1.82) is 0 Å². The lowest BCUT2D eigenvalue weighted by molar-refractivity contribution is 0.243. The van der Waals surface area contributed by atoms with Crippen LogP contribution in [0.5, 0.6) is 5.75 Å². The molecule has 2 aromatic rings. The first-order chi connectivity index (χ1) is 10.2. The van der Waals surface area contributed by atoms with E-state index in [1.807, 2.05) is 32.0 Å². The van der Waals surface area contributed by atoms with Crippen LogP contribution in [0.1, 0.15) is 51.1 Å². The SMILES string of the molecule is CC(C)Oc1ccc2nc(C3CCCC3)cc(NN)c2c1. The van der Waals surface area contributed by atoms with E-state index in [1.165, 1.54) is 25.7 Å². The molecule has 3 N–H and O–H groups in total. The van der Waals surface area contributed by atoms with E-state index < -0.39 is 0 Å². The van der Waals surface area contributed by atoms with Gasteiger partial charge in [-0.2, -0.15) is 0 Å². The van der Waals surface area contributed by atoms with Crippen LogP contribution in [0.15, 0.2) is 24.3 Å². The van der Waals surface area contributed by atoms with Crippen molar-refractivity contribution in [2.45, 2.75) is 51.6 Å². The number of pyridine rings is 1. The summed E-state index contributed by atoms with van der Waals surface area (Å²) in [6.45, 7) is 4.04. The first-order valence-corrected chi connectivity index (χ1v) is 7.75. The van der Waals surface area contributed by atoms with Gasteiger partial charge in [0.05, 0.1) is 17.3 Å². The Morgan fingerprint density at radius 2 is 2.00 bits per heavy atom. The summed E-state index contributed by atoms with van der Waals surface area (Å²) in [6.07, 6.45) is 5.23. The average Bonchev–Trinajstić information content (AvgIpc) is 2.99. The van der Waals surface area contributed by atoms with Crippen molar-refractivity contribution in [3.8, 4) is 5.75 Å². The Bertz CT molecular complexity index is 633. The number of ether oxygens (including phenoxy) is 1. The highest BCUT2D eigenvalue weighted by atomic mass is 16.5. The summed E-state index contributed by atoms with van der Waals surface area (Å²) in [5, 5.41) is 1.01. The largest absolute Gasteiger partial charge is 0.491 e. The minimum atomic E-state index is 0.155. The monoisotopic (exact) mass is 285 g/mol. The Morgan fingerprint density at radius 3 is 2.67 bits per heavy atom. The Hall–Kier alpha value is -1.81. The molecule has 0 spiro atoms. The summed E-state index contributed by atoms with van der Waals surface area (Å²) >= 11 is 0. The molecule has 21 heavy (non-hydrogen) atoms. The fraction of sp³-hybridized carbons (Fsp3) is 0.471. The molecule has 0 atom stereocenters. The Kier molecular flexibility index (Phi) is 3.97. The van der Waals surface area contributed by atoms with Gasteiger partial charge in [-0.05, 0) is 51.0 Å². The fourth-order valence-corrected chi connectivity index (χ4v) is 3.12. The van der Waals surface area contributed by atoms with E-state index in [2.05, 4.69) is 11.5 Å². The van der Waals surface area contributed by atoms with Gasteiger partial charge in [0.25, 0.3) is 0 Å². The number of rotatable bonds is 4. The van der Waals surface area contributed by atoms with Crippen molar-refractivity contribution in [2.75, 3.05) is 5.43 Å². The number of nitrogen functional groups attached to an aromatic ring is 1. The van der Waals surface area contributed by atoms with Crippen molar-refractivity contribution < 1.29 is 4.74 Å². The predicted molar refractivity (Wildman–Crippen MR) is 86.5 cm³/mol. The summed E-state index contributed by atoms with van der Waals surface area (Å²) in [6, 6.07) is 8.10. The highest BCUT2D eigenvalue weighted by molar-refractivity contribution is 5.92. The number of benzene rings is 1. The molecule has 0 bridgehead atoms. The van der Waals surface area contributed by atoms with E-state index in [-0.39, 0.29) is 6.10 Å². The number of nitrogens with zero attached hydrogens (tertiary/aromatic N) is 1. The molecule has 1 saturated carbocycles. The number of anilines is 1. The van der Waals surface area contributed by atoms with Crippen LogP contribution in [-0.2, 0) is 0 Å². The van der Waals surface area contributed by atoms with Gasteiger partial charge in [-0.1, -0.05) is 12.8 Å². The summed E-state index contributed by atoms with van der Waals surface area (Å²) in [4.78, 5) is 4.83. The number of hydrogen-bond acceptors (Lipinski definition) is 4. The summed E-state index contributed by atoms with van der Waals surface area (Å²) in [5.41, 5.74) is 5.88. The predicted octanol–water partition coefficient (Wildman–Crippen LogP) is 3.97. The van der Waals surface area contributed by atoms with Crippen LogP contribution in [0.4, 0.5) is 5.69 Å². The van der Waals surface area contributed by atoms with Gasteiger partial charge in [-0.15, -0.1) is 0 Å². The lowest BCUT2D eigenvalue weighted by Gasteiger charge is -2.15. The van der Waals surface area contributed by atoms with Crippen molar-refractivity contribution in [1.82, 2.24) is 4.98 Å². The normalized spacial score (nSPS) is 15.8. The van der Waals surface area contributed by atoms with E-state index in [0.717, 1.165) is 28.0 Å². The Balaban J connectivity index is 2.04. The first kappa shape index (κ1) is 14.1. The van der Waals surface area contributed by atoms with E-state index >= 15 is 0 Å². The maximum atomic E-state index is 5.76. The molecule has 0 amide bonds. The van der Waals surface area contributed by atoms with Gasteiger partial charge in [0.2, 0.25) is 0 Å². The number of fused-ring (bicyclic) bond motifs is 1. The van der Waals surface area contributed by atoms with Gasteiger partial charge < -0.3 is 10.2 Å². The molecule has 0 unspecified atom stereocenters. The molecule has 1 aliphatic rings. The number of nitrogens with one attached hydrogen (secondary N) is 1. The second-order valence-corrected chi connectivity index (χ2v) is 6.07. The minimum Gasteiger partial charge on any atom is -0.491 e. The van der Waals surface area contributed by atoms with Crippen molar-refractivity contribution in [3.63, 3.8) is 0 Å². The summed E-state index contributed by atoms with van der Waals surface area (Å²) in [7, 11) is 0. The fourth-order valence-electron chi connectivity index (χ4n) is 3.12. The molecule has 4 heteroatoms. The van der Waals surface area contributed by atoms with Crippen LogP contribution < -0.4 is 16.0 Å². The zero-order valence-electron chi connectivity index (χ0n) is 12.7. The third-order valence-corrected chi connectivity index (χ3v) is 4.10. The standard InChI is InChI=1S/C17H23N3O/c1-11(2)21-13-7-8-15-14(9-13)17(20-18)10-16(19-15)12-5-3-4-6-12/h7-12H,3-6,18H2,1-2H3,(H,19,20). The number of hydrazine groups is 1. The van der Waals surface area contributed by atoms with Crippen molar-refractivity contribution in [2.24, 2.45) is 5.84 Å². The highest BCUT2D eigenvalue weighted by Crippen LogP contribution is 2.36. The lowest BCUT2D eigenvalue weighted by Crippen LogP contribution is -2.10. The second kappa shape index (κ2) is 5.90. The Morgan fingerprint density at radius 1 is 1.24 bits per heavy atom. The molecule has 0 aliphatic heterocycles. The zero-order chi connectivity index (χ0) is 14.8. The smallest absolute Gasteiger partial charge is 0.120 e. The molecule has 1 aliphatic carbocycles. The third-order valence-electron chi connectivity index (χ3n) is 4.10. The van der Waals surface area contributed by atoms with Crippen LogP contribution in [0.3, 0.4) is 0 Å². The van der Waals surface area contributed by atoms with Crippen molar-refractivity contribution in [3.05, 3.63) is 30.0 Å². The molecule has 1 aromatic carbocycles. The van der Waals surface area contributed by atoms with E-state index in [1.54, 1.807) is 0 Å². The van der Waals surface area contributed by atoms with Crippen molar-refractivity contribution >= 4 is 16.6 Å². The average molecular weight is 285 g/mol. The number of aromatic nitrogens is 1. The second-order valence-electron chi connectivity index (χ2n) is 6.07. The lowest BCUT2D eigenvalue weighted by atomic mass is 10.0. The van der Waals surface area contributed by atoms with Crippen LogP contribution in [-0.4, -0.2) is 11.1 Å². The molecular weight excluding hydrogens is 262 g/mol. The van der Waals surface area contributed by atoms with E-state index in [4.69, 9.17) is 15.6 Å². The van der Waals surface area contributed by atoms with Crippen LogP contribution >= 0.6 is 0 Å². The molecule has 4 nitrogen and oxygen atoms in total. The Labute approximate surface area is 125 Å². The molecule has 1 heterocycles. The minimum absolute atomic E-state index is 0.155. The van der Waals surface area contributed by atoms with Gasteiger partial charge in [0.15, 0.2) is 0 Å². The van der Waals surface area contributed by atoms with Gasteiger partial charge >= 0.3 is 0 Å².